The summed E-state index contributed by atoms with van der Waals surface area (Å²) in [6.07, 6.45) is -4.72. The Morgan fingerprint density at radius 3 is 2.27 bits per heavy atom. The van der Waals surface area contributed by atoms with Crippen LogP contribution >= 0.6 is 0 Å². The largest absolute Gasteiger partial charge is 0.444 e. The molecule has 0 aromatic carbocycles. The topological polar surface area (TPSA) is 77.5 Å². The summed E-state index contributed by atoms with van der Waals surface area (Å²) in [7, 11) is 1.33. The number of nitrogens with zero attached hydrogens (tertiary/aromatic N) is 1. The van der Waals surface area contributed by atoms with Crippen LogP contribution < -0.4 is 0 Å². The number of allylic oxidation sites excluding steroid dienone is 1. The van der Waals surface area contributed by atoms with Crippen molar-refractivity contribution >= 4 is 6.09 Å². The number of carbonyl (C=O) groups excluding carboxylic acids is 1. The Morgan fingerprint density at radius 1 is 1.20 bits per heavy atom. The Bertz CT molecular complexity index is 712. The first-order valence-electron chi connectivity index (χ1n) is 9.93. The number of methoxy groups -OCH3 is 1. The van der Waals surface area contributed by atoms with E-state index in [2.05, 4.69) is 0 Å². The van der Waals surface area contributed by atoms with Crippen LogP contribution in [-0.4, -0.2) is 70.9 Å². The minimum absolute atomic E-state index is 0.0466. The number of alkyl halides is 3. The van der Waals surface area contributed by atoms with E-state index in [4.69, 9.17) is 18.9 Å². The SMILES string of the molecule is CO[C@@]1(C)O[C@@H]2CN(C(=O)OC(C)(C)C)C3(CC3)[C@H](/C=C/C(F)(F)F)[C@H]2O[C@]1(C)O. The van der Waals surface area contributed by atoms with Gasteiger partial charge in [-0.15, -0.1) is 0 Å². The Labute approximate surface area is 174 Å². The molecule has 30 heavy (non-hydrogen) atoms. The summed E-state index contributed by atoms with van der Waals surface area (Å²) in [5.74, 6) is -4.32. The predicted octanol–water partition coefficient (Wildman–Crippen LogP) is 3.36. The lowest BCUT2D eigenvalue weighted by atomic mass is 9.80. The lowest BCUT2D eigenvalue weighted by molar-refractivity contribution is -0.452. The fraction of sp³-hybridized carbons (Fsp3) is 0.850. The van der Waals surface area contributed by atoms with Gasteiger partial charge in [-0.05, 0) is 47.5 Å². The lowest BCUT2D eigenvalue weighted by Gasteiger charge is -2.57. The fourth-order valence-electron chi connectivity index (χ4n) is 4.25. The van der Waals surface area contributed by atoms with Crippen molar-refractivity contribution in [3.63, 3.8) is 0 Å². The minimum atomic E-state index is -4.53. The average Bonchev–Trinajstić information content (AvgIpc) is 3.33. The van der Waals surface area contributed by atoms with Gasteiger partial charge in [-0.3, -0.25) is 4.90 Å². The van der Waals surface area contributed by atoms with Crippen molar-refractivity contribution in [2.75, 3.05) is 13.7 Å². The number of hydrogen-bond donors (Lipinski definition) is 1. The summed E-state index contributed by atoms with van der Waals surface area (Å²) in [5.41, 5.74) is -1.65. The summed E-state index contributed by atoms with van der Waals surface area (Å²) in [6.45, 7) is 8.03. The third kappa shape index (κ3) is 4.19. The second kappa shape index (κ2) is 7.08. The van der Waals surface area contributed by atoms with Gasteiger partial charge >= 0.3 is 12.3 Å². The van der Waals surface area contributed by atoms with E-state index in [-0.39, 0.29) is 12.6 Å². The van der Waals surface area contributed by atoms with Crippen LogP contribution in [0, 0.1) is 5.92 Å². The maximum absolute atomic E-state index is 13.0. The third-order valence-corrected chi connectivity index (χ3v) is 6.08. The number of rotatable bonds is 2. The Balaban J connectivity index is 2.00. The Morgan fingerprint density at radius 2 is 1.80 bits per heavy atom. The van der Waals surface area contributed by atoms with E-state index in [0.717, 1.165) is 6.08 Å². The van der Waals surface area contributed by atoms with E-state index < -0.39 is 53.1 Å². The van der Waals surface area contributed by atoms with E-state index in [1.165, 1.54) is 25.9 Å². The number of fused-ring (bicyclic) bond motifs is 1. The summed E-state index contributed by atoms with van der Waals surface area (Å²) >= 11 is 0. The molecule has 1 N–H and O–H groups in total. The van der Waals surface area contributed by atoms with Crippen LogP contribution in [-0.2, 0) is 18.9 Å². The molecule has 1 spiro atoms. The van der Waals surface area contributed by atoms with E-state index >= 15 is 0 Å². The molecule has 1 aliphatic carbocycles. The van der Waals surface area contributed by atoms with Crippen LogP contribution in [0.3, 0.4) is 0 Å². The highest BCUT2D eigenvalue weighted by Crippen LogP contribution is 2.56. The zero-order valence-electron chi connectivity index (χ0n) is 18.1. The summed E-state index contributed by atoms with van der Waals surface area (Å²) in [4.78, 5) is 14.4. The Hall–Kier alpha value is -1.36. The molecule has 0 aromatic heterocycles. The van der Waals surface area contributed by atoms with Gasteiger partial charge in [0, 0.05) is 19.1 Å². The van der Waals surface area contributed by atoms with Crippen molar-refractivity contribution < 1.29 is 42.0 Å². The summed E-state index contributed by atoms with van der Waals surface area (Å²) in [6, 6.07) is 0. The number of likely N-dealkylation sites (tertiary alicyclic amines) is 1. The van der Waals surface area contributed by atoms with Gasteiger partial charge in [0.05, 0.1) is 18.2 Å². The first-order chi connectivity index (χ1) is 13.5. The molecule has 10 heteroatoms. The molecule has 5 atom stereocenters. The molecular formula is C20H30F3NO6. The lowest BCUT2D eigenvalue weighted by Crippen LogP contribution is -2.72. The molecule has 2 aliphatic heterocycles. The molecule has 3 rings (SSSR count). The monoisotopic (exact) mass is 437 g/mol. The van der Waals surface area contributed by atoms with Gasteiger partial charge in [-0.1, -0.05) is 6.08 Å². The molecular weight excluding hydrogens is 407 g/mol. The predicted molar refractivity (Wildman–Crippen MR) is 99.4 cm³/mol. The third-order valence-electron chi connectivity index (χ3n) is 6.08. The van der Waals surface area contributed by atoms with E-state index in [0.29, 0.717) is 12.8 Å². The number of piperidine rings is 1. The quantitative estimate of drug-likeness (QED) is 0.668. The molecule has 3 fully saturated rings. The summed E-state index contributed by atoms with van der Waals surface area (Å²) < 4.78 is 61.6. The standard InChI is InChI=1S/C20H30F3NO6/c1-16(2,3)30-15(25)24-11-13-14(29-17(4,26)18(5,27-6)28-13)12(19(24)9-10-19)7-8-20(21,22)23/h7-8,12-14,26H,9-11H2,1-6H3/b8-7+/t12-,13-,14-,17+,18+/m1/s1. The zero-order valence-corrected chi connectivity index (χ0v) is 18.1. The molecule has 7 nitrogen and oxygen atoms in total. The van der Waals surface area contributed by atoms with Crippen LogP contribution in [0.25, 0.3) is 0 Å². The van der Waals surface area contributed by atoms with Gasteiger partial charge in [0.1, 0.15) is 11.7 Å². The van der Waals surface area contributed by atoms with Crippen LogP contribution in [0.15, 0.2) is 12.2 Å². The highest BCUT2D eigenvalue weighted by atomic mass is 19.4. The van der Waals surface area contributed by atoms with E-state index in [1.807, 2.05) is 0 Å². The van der Waals surface area contributed by atoms with Crippen molar-refractivity contribution in [2.24, 2.45) is 5.92 Å². The molecule has 0 aromatic rings. The second-order valence-corrected chi connectivity index (χ2v) is 9.49. The minimum Gasteiger partial charge on any atom is -0.444 e. The molecule has 2 saturated heterocycles. The number of halogens is 3. The van der Waals surface area contributed by atoms with Gasteiger partial charge < -0.3 is 24.1 Å². The van der Waals surface area contributed by atoms with Gasteiger partial charge in [-0.25, -0.2) is 4.79 Å². The van der Waals surface area contributed by atoms with Gasteiger partial charge in [-0.2, -0.15) is 13.2 Å². The molecule has 3 aliphatic rings. The van der Waals surface area contributed by atoms with Crippen molar-refractivity contribution in [3.8, 4) is 0 Å². The molecule has 0 radical (unpaired) electrons. The number of ether oxygens (including phenoxy) is 4. The van der Waals surface area contributed by atoms with Crippen molar-refractivity contribution in [3.05, 3.63) is 12.2 Å². The fourth-order valence-corrected chi connectivity index (χ4v) is 4.25. The number of aliphatic hydroxyl groups is 1. The van der Waals surface area contributed by atoms with Crippen molar-refractivity contribution in [1.82, 2.24) is 4.90 Å². The van der Waals surface area contributed by atoms with Crippen LogP contribution in [0.1, 0.15) is 47.5 Å². The molecule has 172 valence electrons. The zero-order chi connectivity index (χ0) is 22.8. The first kappa shape index (κ1) is 23.3. The van der Waals surface area contributed by atoms with Gasteiger partial charge in [0.25, 0.3) is 0 Å². The van der Waals surface area contributed by atoms with Gasteiger partial charge in [0.15, 0.2) is 0 Å². The van der Waals surface area contributed by atoms with Crippen molar-refractivity contribution in [1.29, 1.82) is 0 Å². The Kier molecular flexibility index (Phi) is 5.50. The second-order valence-electron chi connectivity index (χ2n) is 9.49. The highest BCUT2D eigenvalue weighted by molar-refractivity contribution is 5.70. The maximum atomic E-state index is 13.0. The average molecular weight is 437 g/mol. The van der Waals surface area contributed by atoms with Crippen LogP contribution in [0.5, 0.6) is 0 Å². The highest BCUT2D eigenvalue weighted by Gasteiger charge is 2.67. The normalized spacial score (nSPS) is 38.6. The van der Waals surface area contributed by atoms with Crippen molar-refractivity contribution in [2.45, 2.75) is 88.6 Å². The molecule has 0 bridgehead atoms. The molecule has 1 saturated carbocycles. The maximum Gasteiger partial charge on any atom is 0.410 e. The smallest absolute Gasteiger partial charge is 0.410 e. The van der Waals surface area contributed by atoms with Crippen LogP contribution in [0.4, 0.5) is 18.0 Å². The first-order valence-corrected chi connectivity index (χ1v) is 9.93. The number of hydrogen-bond acceptors (Lipinski definition) is 6. The summed E-state index contributed by atoms with van der Waals surface area (Å²) in [5, 5.41) is 10.8. The number of carbonyl (C=O) groups is 1. The molecule has 1 amide bonds. The number of amides is 1. The van der Waals surface area contributed by atoms with Crippen LogP contribution in [0.2, 0.25) is 0 Å². The van der Waals surface area contributed by atoms with E-state index in [1.54, 1.807) is 20.8 Å². The molecule has 0 unspecified atom stereocenters. The van der Waals surface area contributed by atoms with Gasteiger partial charge in [0.2, 0.25) is 11.6 Å². The van der Waals surface area contributed by atoms with E-state index in [9.17, 15) is 23.1 Å². The molecule has 2 heterocycles.